The van der Waals surface area contributed by atoms with E-state index in [0.717, 1.165) is 13.1 Å². The third-order valence-electron chi connectivity index (χ3n) is 3.96. The van der Waals surface area contributed by atoms with Gasteiger partial charge in [0, 0.05) is 19.1 Å². The van der Waals surface area contributed by atoms with Crippen LogP contribution < -0.4 is 0 Å². The molecule has 0 N–H and O–H groups in total. The fraction of sp³-hybridized carbons (Fsp3) is 0.333. The molecule has 0 spiro atoms. The lowest BCUT2D eigenvalue weighted by atomic mass is 9.85. The van der Waals surface area contributed by atoms with Crippen molar-refractivity contribution in [3.63, 3.8) is 0 Å². The van der Waals surface area contributed by atoms with Gasteiger partial charge in [0.25, 0.3) is 0 Å². The maximum Gasteiger partial charge on any atom is 0.0331 e. The van der Waals surface area contributed by atoms with Gasteiger partial charge in [0.1, 0.15) is 0 Å². The molecule has 0 heterocycles. The smallest absolute Gasteiger partial charge is 0.0331 e. The SMILES string of the molecule is C=C[C@@H](N(Cc1ccccc1)Cc1ccccc1)C(C)(C)C. The van der Waals surface area contributed by atoms with Crippen molar-refractivity contribution in [2.45, 2.75) is 39.9 Å². The van der Waals surface area contributed by atoms with E-state index in [0.29, 0.717) is 6.04 Å². The molecule has 2 aromatic rings. The summed E-state index contributed by atoms with van der Waals surface area (Å²) in [6.07, 6.45) is 2.09. The van der Waals surface area contributed by atoms with Gasteiger partial charge < -0.3 is 0 Å². The Bertz CT molecular complexity index is 524. The van der Waals surface area contributed by atoms with Gasteiger partial charge in [0.05, 0.1) is 0 Å². The second-order valence-corrected chi connectivity index (χ2v) is 6.92. The van der Waals surface area contributed by atoms with Gasteiger partial charge >= 0.3 is 0 Å². The van der Waals surface area contributed by atoms with Gasteiger partial charge in [-0.25, -0.2) is 0 Å². The largest absolute Gasteiger partial charge is 0.288 e. The molecule has 0 aromatic heterocycles. The molecule has 0 aliphatic rings. The summed E-state index contributed by atoms with van der Waals surface area (Å²) >= 11 is 0. The fourth-order valence-electron chi connectivity index (χ4n) is 2.94. The van der Waals surface area contributed by atoms with Crippen LogP contribution in [0, 0.1) is 5.41 Å². The molecule has 116 valence electrons. The number of hydrogen-bond acceptors (Lipinski definition) is 1. The zero-order valence-corrected chi connectivity index (χ0v) is 14.0. The summed E-state index contributed by atoms with van der Waals surface area (Å²) in [6, 6.07) is 21.7. The standard InChI is InChI=1S/C21H27N/c1-5-20(21(2,3)4)22(16-18-12-8-6-9-13-18)17-19-14-10-7-11-15-19/h5-15,20H,1,16-17H2,2-4H3/t20-/m1/s1. The van der Waals surface area contributed by atoms with Crippen LogP contribution in [0.3, 0.4) is 0 Å². The molecule has 0 saturated carbocycles. The predicted molar refractivity (Wildman–Crippen MR) is 95.6 cm³/mol. The Morgan fingerprint density at radius 2 is 1.27 bits per heavy atom. The Labute approximate surface area is 135 Å². The molecule has 2 aromatic carbocycles. The summed E-state index contributed by atoms with van der Waals surface area (Å²) in [7, 11) is 0. The molecule has 2 rings (SSSR count). The van der Waals surface area contributed by atoms with E-state index in [-0.39, 0.29) is 5.41 Å². The lowest BCUT2D eigenvalue weighted by Crippen LogP contribution is -2.41. The molecule has 0 fully saturated rings. The van der Waals surface area contributed by atoms with Gasteiger partial charge in [0.15, 0.2) is 0 Å². The van der Waals surface area contributed by atoms with E-state index in [2.05, 4.69) is 99.0 Å². The van der Waals surface area contributed by atoms with Crippen molar-refractivity contribution in [1.29, 1.82) is 0 Å². The first-order chi connectivity index (χ1) is 10.5. The number of rotatable bonds is 6. The van der Waals surface area contributed by atoms with Crippen molar-refractivity contribution in [2.75, 3.05) is 0 Å². The van der Waals surface area contributed by atoms with Crippen molar-refractivity contribution in [3.8, 4) is 0 Å². The summed E-state index contributed by atoms with van der Waals surface area (Å²) in [4.78, 5) is 2.51. The fourth-order valence-corrected chi connectivity index (χ4v) is 2.94. The Morgan fingerprint density at radius 1 is 0.864 bits per heavy atom. The minimum Gasteiger partial charge on any atom is -0.288 e. The molecule has 0 aliphatic heterocycles. The molecule has 0 unspecified atom stereocenters. The van der Waals surface area contributed by atoms with Crippen LogP contribution in [-0.4, -0.2) is 10.9 Å². The lowest BCUT2D eigenvalue weighted by Gasteiger charge is -2.38. The van der Waals surface area contributed by atoms with E-state index in [1.165, 1.54) is 11.1 Å². The Hall–Kier alpha value is -1.86. The van der Waals surface area contributed by atoms with Crippen molar-refractivity contribution in [1.82, 2.24) is 4.90 Å². The Morgan fingerprint density at radius 3 is 1.59 bits per heavy atom. The second-order valence-electron chi connectivity index (χ2n) is 6.92. The molecule has 1 heteroatoms. The summed E-state index contributed by atoms with van der Waals surface area (Å²) in [5.74, 6) is 0. The van der Waals surface area contributed by atoms with Crippen LogP contribution in [0.5, 0.6) is 0 Å². The van der Waals surface area contributed by atoms with Gasteiger partial charge in [-0.1, -0.05) is 87.5 Å². The molecule has 0 amide bonds. The maximum atomic E-state index is 4.09. The molecule has 1 atom stereocenters. The van der Waals surface area contributed by atoms with Gasteiger partial charge in [-0.15, -0.1) is 6.58 Å². The number of hydrogen-bond donors (Lipinski definition) is 0. The van der Waals surface area contributed by atoms with Crippen LogP contribution in [0.4, 0.5) is 0 Å². The van der Waals surface area contributed by atoms with Crippen LogP contribution in [-0.2, 0) is 13.1 Å². The van der Waals surface area contributed by atoms with Crippen molar-refractivity contribution >= 4 is 0 Å². The summed E-state index contributed by atoms with van der Waals surface area (Å²) in [6.45, 7) is 12.8. The van der Waals surface area contributed by atoms with E-state index >= 15 is 0 Å². The highest BCUT2D eigenvalue weighted by Crippen LogP contribution is 2.28. The van der Waals surface area contributed by atoms with E-state index in [1.54, 1.807) is 0 Å². The van der Waals surface area contributed by atoms with Crippen LogP contribution in [0.1, 0.15) is 31.9 Å². The molecule has 1 nitrogen and oxygen atoms in total. The molecule has 0 aliphatic carbocycles. The normalized spacial score (nSPS) is 13.1. The molecule has 0 bridgehead atoms. The van der Waals surface area contributed by atoms with Gasteiger partial charge in [0.2, 0.25) is 0 Å². The average molecular weight is 293 g/mol. The maximum absolute atomic E-state index is 4.09. The van der Waals surface area contributed by atoms with Crippen molar-refractivity contribution in [2.24, 2.45) is 5.41 Å². The Balaban J connectivity index is 2.25. The highest BCUT2D eigenvalue weighted by Gasteiger charge is 2.27. The molecule has 0 radical (unpaired) electrons. The number of nitrogens with zero attached hydrogens (tertiary/aromatic N) is 1. The van der Waals surface area contributed by atoms with Gasteiger partial charge in [-0.05, 0) is 16.5 Å². The first-order valence-corrected chi connectivity index (χ1v) is 7.95. The molecular weight excluding hydrogens is 266 g/mol. The van der Waals surface area contributed by atoms with E-state index < -0.39 is 0 Å². The first kappa shape index (κ1) is 16.5. The van der Waals surface area contributed by atoms with Crippen LogP contribution >= 0.6 is 0 Å². The lowest BCUT2D eigenvalue weighted by molar-refractivity contribution is 0.119. The quantitative estimate of drug-likeness (QED) is 0.654. The second kappa shape index (κ2) is 7.42. The third-order valence-corrected chi connectivity index (χ3v) is 3.96. The summed E-state index contributed by atoms with van der Waals surface area (Å²) < 4.78 is 0. The summed E-state index contributed by atoms with van der Waals surface area (Å²) in [5, 5.41) is 0. The van der Waals surface area contributed by atoms with Crippen LogP contribution in [0.15, 0.2) is 73.3 Å². The highest BCUT2D eigenvalue weighted by atomic mass is 15.2. The van der Waals surface area contributed by atoms with Gasteiger partial charge in [-0.3, -0.25) is 4.90 Å². The molecule has 22 heavy (non-hydrogen) atoms. The van der Waals surface area contributed by atoms with Crippen LogP contribution in [0.25, 0.3) is 0 Å². The monoisotopic (exact) mass is 293 g/mol. The minimum absolute atomic E-state index is 0.158. The average Bonchev–Trinajstić information content (AvgIpc) is 2.48. The van der Waals surface area contributed by atoms with E-state index in [4.69, 9.17) is 0 Å². The Kier molecular flexibility index (Phi) is 5.57. The predicted octanol–water partition coefficient (Wildman–Crippen LogP) is 5.29. The third kappa shape index (κ3) is 4.57. The van der Waals surface area contributed by atoms with Crippen molar-refractivity contribution < 1.29 is 0 Å². The molecular formula is C21H27N. The van der Waals surface area contributed by atoms with E-state index in [9.17, 15) is 0 Å². The highest BCUT2D eigenvalue weighted by molar-refractivity contribution is 5.18. The number of benzene rings is 2. The minimum atomic E-state index is 0.158. The van der Waals surface area contributed by atoms with E-state index in [1.807, 2.05) is 0 Å². The topological polar surface area (TPSA) is 3.24 Å². The summed E-state index contributed by atoms with van der Waals surface area (Å²) in [5.41, 5.74) is 2.84. The zero-order valence-electron chi connectivity index (χ0n) is 14.0. The first-order valence-electron chi connectivity index (χ1n) is 7.95. The van der Waals surface area contributed by atoms with Crippen LogP contribution in [0.2, 0.25) is 0 Å². The van der Waals surface area contributed by atoms with Crippen molar-refractivity contribution in [3.05, 3.63) is 84.4 Å². The van der Waals surface area contributed by atoms with Gasteiger partial charge in [-0.2, -0.15) is 0 Å². The molecule has 0 saturated heterocycles. The zero-order chi connectivity index (χ0) is 16.0.